The van der Waals surface area contributed by atoms with Gasteiger partial charge in [0.05, 0.1) is 19.0 Å². The van der Waals surface area contributed by atoms with Crippen LogP contribution in [0.3, 0.4) is 0 Å². The van der Waals surface area contributed by atoms with Crippen LogP contribution in [0.2, 0.25) is 0 Å². The maximum atomic E-state index is 12.9. The molecule has 0 atom stereocenters. The fourth-order valence-electron chi connectivity index (χ4n) is 4.17. The van der Waals surface area contributed by atoms with Gasteiger partial charge in [-0.2, -0.15) is 4.31 Å². The molecule has 0 amide bonds. The molecule has 8 heteroatoms. The lowest BCUT2D eigenvalue weighted by molar-refractivity contribution is 0.0729. The summed E-state index contributed by atoms with van der Waals surface area (Å²) in [6.07, 6.45) is 0.991. The van der Waals surface area contributed by atoms with Crippen molar-refractivity contribution in [1.82, 2.24) is 14.5 Å². The van der Waals surface area contributed by atoms with E-state index in [1.165, 1.54) is 15.4 Å². The first kappa shape index (κ1) is 21.8. The second kappa shape index (κ2) is 9.80. The van der Waals surface area contributed by atoms with Gasteiger partial charge in [0.2, 0.25) is 10.0 Å². The molecule has 2 aliphatic heterocycles. The van der Waals surface area contributed by atoms with E-state index in [2.05, 4.69) is 39.5 Å². The molecule has 0 radical (unpaired) electrons. The summed E-state index contributed by atoms with van der Waals surface area (Å²) >= 11 is 0. The van der Waals surface area contributed by atoms with Gasteiger partial charge in [0.15, 0.2) is 5.96 Å². The first-order valence-electron chi connectivity index (χ1n) is 10.7. The number of ether oxygens (including phenoxy) is 1. The Balaban J connectivity index is 1.43. The van der Waals surface area contributed by atoms with Crippen LogP contribution in [0.5, 0.6) is 0 Å². The third kappa shape index (κ3) is 5.26. The van der Waals surface area contributed by atoms with E-state index in [1.807, 2.05) is 24.3 Å². The molecular weight excluding hydrogens is 412 g/mol. The van der Waals surface area contributed by atoms with Gasteiger partial charge < -0.3 is 15.0 Å². The van der Waals surface area contributed by atoms with Crippen LogP contribution < -0.4 is 5.32 Å². The topological polar surface area (TPSA) is 74.2 Å². The minimum Gasteiger partial charge on any atom is -0.379 e. The quantitative estimate of drug-likeness (QED) is 0.566. The fraction of sp³-hybridized carbons (Fsp3) is 0.435. The summed E-state index contributed by atoms with van der Waals surface area (Å²) in [5.41, 5.74) is 4.51. The molecule has 2 aromatic rings. The number of benzene rings is 2. The van der Waals surface area contributed by atoms with Crippen molar-refractivity contribution < 1.29 is 13.2 Å². The molecule has 1 N–H and O–H groups in total. The molecular formula is C23H30N4O3S. The second-order valence-electron chi connectivity index (χ2n) is 7.88. The zero-order valence-corrected chi connectivity index (χ0v) is 18.8. The van der Waals surface area contributed by atoms with Crippen molar-refractivity contribution in [2.24, 2.45) is 4.99 Å². The summed E-state index contributed by atoms with van der Waals surface area (Å²) in [6.45, 7) is 4.01. The van der Waals surface area contributed by atoms with Crippen molar-refractivity contribution in [1.29, 1.82) is 0 Å². The molecule has 0 spiro atoms. The number of hydrogen-bond donors (Lipinski definition) is 1. The van der Waals surface area contributed by atoms with Gasteiger partial charge in [-0.3, -0.25) is 4.99 Å². The van der Waals surface area contributed by atoms with Crippen molar-refractivity contribution >= 4 is 16.0 Å². The van der Waals surface area contributed by atoms with E-state index in [-0.39, 0.29) is 5.75 Å². The third-order valence-corrected chi connectivity index (χ3v) is 7.73. The van der Waals surface area contributed by atoms with Crippen LogP contribution in [-0.4, -0.2) is 63.5 Å². The van der Waals surface area contributed by atoms with E-state index in [9.17, 15) is 8.42 Å². The Kier molecular flexibility index (Phi) is 6.89. The number of sulfonamides is 1. The summed E-state index contributed by atoms with van der Waals surface area (Å²) in [5, 5.41) is 3.44. The van der Waals surface area contributed by atoms with Gasteiger partial charge in [-0.25, -0.2) is 8.42 Å². The maximum absolute atomic E-state index is 12.9. The third-order valence-electron chi connectivity index (χ3n) is 5.90. The summed E-state index contributed by atoms with van der Waals surface area (Å²) < 4.78 is 32.6. The lowest BCUT2D eigenvalue weighted by Gasteiger charge is -2.32. The van der Waals surface area contributed by atoms with Crippen molar-refractivity contribution in [2.75, 3.05) is 39.9 Å². The predicted molar refractivity (Wildman–Crippen MR) is 122 cm³/mol. The summed E-state index contributed by atoms with van der Waals surface area (Å²) in [4.78, 5) is 6.71. The first-order chi connectivity index (χ1) is 15.1. The molecule has 0 aliphatic carbocycles. The van der Waals surface area contributed by atoms with Crippen molar-refractivity contribution in [3.63, 3.8) is 0 Å². The number of fused-ring (bicyclic) bond motifs is 1. The Bertz CT molecular complexity index is 1030. The number of rotatable bonds is 5. The zero-order chi connectivity index (χ0) is 21.7. The van der Waals surface area contributed by atoms with E-state index in [1.54, 1.807) is 7.05 Å². The molecule has 2 aliphatic rings. The normalized spacial score (nSPS) is 18.0. The average molecular weight is 443 g/mol. The number of nitrogens with zero attached hydrogens (tertiary/aromatic N) is 3. The smallest absolute Gasteiger partial charge is 0.218 e. The molecule has 0 bridgehead atoms. The van der Waals surface area contributed by atoms with E-state index in [4.69, 9.17) is 4.74 Å². The SMILES string of the molecule is CN=C(NCc1ccccc1CS(=O)(=O)N1CCOCC1)N1CCc2ccccc2C1. The molecule has 7 nitrogen and oxygen atoms in total. The van der Waals surface area contributed by atoms with Crippen LogP contribution in [0.15, 0.2) is 53.5 Å². The monoisotopic (exact) mass is 442 g/mol. The predicted octanol–water partition coefficient (Wildman–Crippen LogP) is 1.98. The number of nitrogens with one attached hydrogen (secondary N) is 1. The van der Waals surface area contributed by atoms with Crippen molar-refractivity contribution in [3.05, 3.63) is 70.8 Å². The van der Waals surface area contributed by atoms with Gasteiger partial charge in [-0.1, -0.05) is 48.5 Å². The van der Waals surface area contributed by atoms with Gasteiger partial charge in [-0.05, 0) is 28.7 Å². The van der Waals surface area contributed by atoms with E-state index < -0.39 is 10.0 Å². The molecule has 0 unspecified atom stereocenters. The Morgan fingerprint density at radius 3 is 2.42 bits per heavy atom. The van der Waals surface area contributed by atoms with Gasteiger partial charge in [0.25, 0.3) is 0 Å². The highest BCUT2D eigenvalue weighted by atomic mass is 32.2. The number of hydrogen-bond acceptors (Lipinski definition) is 4. The molecule has 0 aromatic heterocycles. The standard InChI is InChI=1S/C23H30N4O3S/c1-24-23(26-11-10-19-6-2-4-8-21(19)17-26)25-16-20-7-3-5-9-22(20)18-31(28,29)27-12-14-30-15-13-27/h2-9H,10-18H2,1H3,(H,24,25). The molecule has 2 aromatic carbocycles. The van der Waals surface area contributed by atoms with E-state index in [0.717, 1.165) is 36.6 Å². The number of aliphatic imine (C=N–C) groups is 1. The van der Waals surface area contributed by atoms with Crippen molar-refractivity contribution in [3.8, 4) is 0 Å². The van der Waals surface area contributed by atoms with Gasteiger partial charge in [0.1, 0.15) is 0 Å². The molecule has 1 saturated heterocycles. The van der Waals surface area contributed by atoms with Gasteiger partial charge in [-0.15, -0.1) is 0 Å². The minimum atomic E-state index is -3.37. The Morgan fingerprint density at radius 1 is 1.00 bits per heavy atom. The average Bonchev–Trinajstić information content (AvgIpc) is 2.81. The highest BCUT2D eigenvalue weighted by Gasteiger charge is 2.25. The highest BCUT2D eigenvalue weighted by molar-refractivity contribution is 7.88. The molecule has 31 heavy (non-hydrogen) atoms. The Hall–Kier alpha value is -2.42. The van der Waals surface area contributed by atoms with Gasteiger partial charge >= 0.3 is 0 Å². The van der Waals surface area contributed by atoms with Crippen LogP contribution in [0.1, 0.15) is 22.3 Å². The Morgan fingerprint density at radius 2 is 1.68 bits per heavy atom. The molecule has 1 fully saturated rings. The maximum Gasteiger partial charge on any atom is 0.218 e. The van der Waals surface area contributed by atoms with Crippen LogP contribution >= 0.6 is 0 Å². The Labute approximate surface area is 184 Å². The highest BCUT2D eigenvalue weighted by Crippen LogP contribution is 2.19. The minimum absolute atomic E-state index is 0.000540. The van der Waals surface area contributed by atoms with Crippen molar-refractivity contribution in [2.45, 2.75) is 25.3 Å². The molecule has 2 heterocycles. The first-order valence-corrected chi connectivity index (χ1v) is 12.3. The van der Waals surface area contributed by atoms with Crippen LogP contribution in [0.4, 0.5) is 0 Å². The lowest BCUT2D eigenvalue weighted by atomic mass is 10.0. The lowest BCUT2D eigenvalue weighted by Crippen LogP contribution is -2.44. The molecule has 166 valence electrons. The summed E-state index contributed by atoms with van der Waals surface area (Å²) in [7, 11) is -1.58. The zero-order valence-electron chi connectivity index (χ0n) is 18.0. The largest absolute Gasteiger partial charge is 0.379 e. The second-order valence-corrected chi connectivity index (χ2v) is 9.85. The fourth-order valence-corrected chi connectivity index (χ4v) is 5.73. The number of guanidine groups is 1. The summed E-state index contributed by atoms with van der Waals surface area (Å²) in [5.74, 6) is 0.834. The van der Waals surface area contributed by atoms with Crippen LogP contribution in [0, 0.1) is 0 Å². The van der Waals surface area contributed by atoms with Crippen LogP contribution in [-0.2, 0) is 40.0 Å². The van der Waals surface area contributed by atoms with E-state index >= 15 is 0 Å². The number of morpholine rings is 1. The molecule has 4 rings (SSSR count). The summed E-state index contributed by atoms with van der Waals surface area (Å²) in [6, 6.07) is 16.2. The van der Waals surface area contributed by atoms with Gasteiger partial charge in [0, 0.05) is 39.8 Å². The van der Waals surface area contributed by atoms with E-state index in [0.29, 0.717) is 32.8 Å². The van der Waals surface area contributed by atoms with Crippen LogP contribution in [0.25, 0.3) is 0 Å². The molecule has 0 saturated carbocycles.